The minimum Gasteiger partial charge on any atom is -0.497 e. The summed E-state index contributed by atoms with van der Waals surface area (Å²) in [5, 5.41) is 0. The van der Waals surface area contributed by atoms with Crippen molar-refractivity contribution < 1.29 is 13.5 Å². The van der Waals surface area contributed by atoms with Crippen LogP contribution >= 0.6 is 0 Å². The summed E-state index contributed by atoms with van der Waals surface area (Å²) in [6.07, 6.45) is 0. The van der Waals surface area contributed by atoms with Gasteiger partial charge in [-0.3, -0.25) is 0 Å². The van der Waals surface area contributed by atoms with E-state index in [0.717, 1.165) is 11.4 Å². The second-order valence-electron chi connectivity index (χ2n) is 7.64. The molecule has 1 aromatic rings. The van der Waals surface area contributed by atoms with E-state index in [1.807, 2.05) is 62.7 Å². The first-order chi connectivity index (χ1) is 10.1. The van der Waals surface area contributed by atoms with Crippen molar-refractivity contribution >= 4 is 13.8 Å². The zero-order valence-electron chi connectivity index (χ0n) is 14.4. The first-order valence-electron chi connectivity index (χ1n) is 7.87. The normalized spacial score (nSPS) is 24.9. The number of hydrogen-bond donors (Lipinski definition) is 0. The van der Waals surface area contributed by atoms with Crippen molar-refractivity contribution in [3.8, 4) is 5.75 Å². The molecule has 0 N–H and O–H groups in total. The molecule has 2 nitrogen and oxygen atoms in total. The fourth-order valence-corrected chi connectivity index (χ4v) is 6.14. The average molecular weight is 327 g/mol. The second kappa shape index (κ2) is 5.83. The monoisotopic (exact) mass is 327 g/mol. The van der Waals surface area contributed by atoms with Crippen LogP contribution in [0.15, 0.2) is 24.3 Å². The SMILES string of the molecule is COc1ccc(N2C[C@H](C(C)C)C(F)(F)[C@H]2[Si](C)(C)C)cc1. The Balaban J connectivity index is 2.43. The molecule has 0 saturated carbocycles. The lowest BCUT2D eigenvalue weighted by Crippen LogP contribution is -2.56. The highest BCUT2D eigenvalue weighted by Crippen LogP contribution is 2.47. The molecule has 1 heterocycles. The summed E-state index contributed by atoms with van der Waals surface area (Å²) in [5.74, 6) is -2.51. The van der Waals surface area contributed by atoms with Crippen molar-refractivity contribution in [3.63, 3.8) is 0 Å². The van der Waals surface area contributed by atoms with Gasteiger partial charge in [0.1, 0.15) is 5.75 Å². The summed E-state index contributed by atoms with van der Waals surface area (Å²) in [6.45, 7) is 10.3. The van der Waals surface area contributed by atoms with Crippen molar-refractivity contribution in [1.82, 2.24) is 0 Å². The zero-order valence-corrected chi connectivity index (χ0v) is 15.4. The van der Waals surface area contributed by atoms with E-state index < -0.39 is 25.6 Å². The molecule has 0 unspecified atom stereocenters. The highest BCUT2D eigenvalue weighted by molar-refractivity contribution is 6.78. The van der Waals surface area contributed by atoms with Gasteiger partial charge >= 0.3 is 0 Å². The van der Waals surface area contributed by atoms with Crippen LogP contribution in [0.3, 0.4) is 0 Å². The minimum atomic E-state index is -2.64. The maximum Gasteiger partial charge on any atom is 0.269 e. The van der Waals surface area contributed by atoms with Gasteiger partial charge in [-0.05, 0) is 30.2 Å². The summed E-state index contributed by atoms with van der Waals surface area (Å²) in [5.41, 5.74) is 0.205. The lowest BCUT2D eigenvalue weighted by Gasteiger charge is -2.38. The standard InChI is InChI=1S/C17H27F2NOSi/c1-12(2)15-11-20(13-7-9-14(21-3)10-8-13)16(17(15,18)19)22(4,5)6/h7-10,12,15-16H,11H2,1-6H3/t15-,16-/m1/s1. The third-order valence-corrected chi connectivity index (χ3v) is 6.93. The Labute approximate surface area is 133 Å². The van der Waals surface area contributed by atoms with E-state index in [4.69, 9.17) is 4.74 Å². The molecule has 0 bridgehead atoms. The topological polar surface area (TPSA) is 12.5 Å². The van der Waals surface area contributed by atoms with E-state index in [1.54, 1.807) is 7.11 Å². The quantitative estimate of drug-likeness (QED) is 0.745. The number of anilines is 1. The summed E-state index contributed by atoms with van der Waals surface area (Å²) < 4.78 is 35.3. The number of rotatable bonds is 4. The van der Waals surface area contributed by atoms with Gasteiger partial charge in [0.05, 0.1) is 20.8 Å². The Kier molecular flexibility index (Phi) is 4.58. The summed E-state index contributed by atoms with van der Waals surface area (Å²) in [7, 11) is -0.461. The fourth-order valence-electron chi connectivity index (χ4n) is 3.58. The van der Waals surface area contributed by atoms with Gasteiger partial charge in [0.2, 0.25) is 0 Å². The van der Waals surface area contributed by atoms with Gasteiger partial charge < -0.3 is 9.64 Å². The van der Waals surface area contributed by atoms with Gasteiger partial charge in [0.15, 0.2) is 0 Å². The van der Waals surface area contributed by atoms with Gasteiger partial charge in [-0.25, -0.2) is 8.78 Å². The molecule has 5 heteroatoms. The Morgan fingerprint density at radius 2 is 1.73 bits per heavy atom. The maximum atomic E-state index is 15.1. The molecule has 1 saturated heterocycles. The highest BCUT2D eigenvalue weighted by atomic mass is 28.3. The molecule has 1 fully saturated rings. The number of benzene rings is 1. The molecule has 22 heavy (non-hydrogen) atoms. The summed E-state index contributed by atoms with van der Waals surface area (Å²) >= 11 is 0. The van der Waals surface area contributed by atoms with E-state index in [2.05, 4.69) is 0 Å². The highest BCUT2D eigenvalue weighted by Gasteiger charge is 2.61. The van der Waals surface area contributed by atoms with Crippen LogP contribution in [0.5, 0.6) is 5.75 Å². The maximum absolute atomic E-state index is 15.1. The lowest BCUT2D eigenvalue weighted by atomic mass is 9.92. The molecule has 2 atom stereocenters. The lowest BCUT2D eigenvalue weighted by molar-refractivity contribution is -0.0483. The number of nitrogens with zero attached hydrogens (tertiary/aromatic N) is 1. The van der Waals surface area contributed by atoms with Crippen molar-refractivity contribution in [2.75, 3.05) is 18.6 Å². The smallest absolute Gasteiger partial charge is 0.269 e. The van der Waals surface area contributed by atoms with Crippen LogP contribution < -0.4 is 9.64 Å². The molecule has 1 aliphatic heterocycles. The number of alkyl halides is 2. The van der Waals surface area contributed by atoms with Gasteiger partial charge in [0.25, 0.3) is 5.92 Å². The molecule has 0 aliphatic carbocycles. The van der Waals surface area contributed by atoms with E-state index >= 15 is 8.78 Å². The van der Waals surface area contributed by atoms with Crippen LogP contribution in [0.4, 0.5) is 14.5 Å². The van der Waals surface area contributed by atoms with Crippen LogP contribution in [0, 0.1) is 11.8 Å². The molecule has 2 rings (SSSR count). The zero-order chi connectivity index (χ0) is 16.7. The van der Waals surface area contributed by atoms with E-state index in [9.17, 15) is 0 Å². The molecule has 0 aromatic heterocycles. The average Bonchev–Trinajstić information content (AvgIpc) is 2.70. The summed E-state index contributed by atoms with van der Waals surface area (Å²) in [4.78, 5) is 1.94. The van der Waals surface area contributed by atoms with E-state index in [0.29, 0.717) is 6.54 Å². The van der Waals surface area contributed by atoms with Gasteiger partial charge in [-0.2, -0.15) is 0 Å². The largest absolute Gasteiger partial charge is 0.497 e. The molecule has 0 amide bonds. The predicted octanol–water partition coefficient (Wildman–Crippen LogP) is 4.67. The van der Waals surface area contributed by atoms with Crippen molar-refractivity contribution in [3.05, 3.63) is 24.3 Å². The Bertz CT molecular complexity index is 510. The molecule has 1 aromatic carbocycles. The Morgan fingerprint density at radius 1 is 1.18 bits per heavy atom. The molecular weight excluding hydrogens is 300 g/mol. The Hall–Kier alpha value is -1.10. The minimum absolute atomic E-state index is 0.0305. The van der Waals surface area contributed by atoms with Gasteiger partial charge in [-0.1, -0.05) is 33.5 Å². The predicted molar refractivity (Wildman–Crippen MR) is 90.7 cm³/mol. The van der Waals surface area contributed by atoms with Crippen molar-refractivity contribution in [2.24, 2.45) is 11.8 Å². The molecular formula is C17H27F2NOSi. The van der Waals surface area contributed by atoms with Gasteiger partial charge in [-0.15, -0.1) is 0 Å². The number of hydrogen-bond acceptors (Lipinski definition) is 2. The fraction of sp³-hybridized carbons (Fsp3) is 0.647. The number of ether oxygens (including phenoxy) is 1. The third kappa shape index (κ3) is 3.00. The van der Waals surface area contributed by atoms with Crippen LogP contribution in [-0.4, -0.2) is 33.3 Å². The van der Waals surface area contributed by atoms with Crippen LogP contribution in [0.25, 0.3) is 0 Å². The van der Waals surface area contributed by atoms with Crippen LogP contribution in [0.2, 0.25) is 19.6 Å². The van der Waals surface area contributed by atoms with Crippen LogP contribution in [0.1, 0.15) is 13.8 Å². The van der Waals surface area contributed by atoms with Crippen molar-refractivity contribution in [2.45, 2.75) is 45.1 Å². The molecule has 0 spiro atoms. The number of halogens is 2. The van der Waals surface area contributed by atoms with E-state index in [-0.39, 0.29) is 5.92 Å². The Morgan fingerprint density at radius 3 is 2.14 bits per heavy atom. The molecule has 1 aliphatic rings. The first-order valence-corrected chi connectivity index (χ1v) is 11.4. The van der Waals surface area contributed by atoms with Crippen LogP contribution in [-0.2, 0) is 0 Å². The summed E-state index contributed by atoms with van der Waals surface area (Å²) in [6, 6.07) is 7.48. The van der Waals surface area contributed by atoms with Gasteiger partial charge in [0, 0.05) is 18.2 Å². The van der Waals surface area contributed by atoms with E-state index in [1.165, 1.54) is 0 Å². The van der Waals surface area contributed by atoms with Crippen molar-refractivity contribution in [1.29, 1.82) is 0 Å². The third-order valence-electron chi connectivity index (χ3n) is 4.59. The first kappa shape index (κ1) is 17.3. The molecule has 0 radical (unpaired) electrons. The molecule has 124 valence electrons. The second-order valence-corrected chi connectivity index (χ2v) is 12.9. The number of methoxy groups -OCH3 is 1.